The average Bonchev–Trinajstić information content (AvgIpc) is 2.18. The van der Waals surface area contributed by atoms with Crippen molar-refractivity contribution in [3.63, 3.8) is 0 Å². The van der Waals surface area contributed by atoms with E-state index in [2.05, 4.69) is 4.98 Å². The van der Waals surface area contributed by atoms with E-state index in [9.17, 15) is 5.11 Å². The van der Waals surface area contributed by atoms with Crippen molar-refractivity contribution in [3.8, 4) is 5.75 Å². The van der Waals surface area contributed by atoms with Crippen LogP contribution in [0.5, 0.6) is 5.75 Å². The van der Waals surface area contributed by atoms with E-state index < -0.39 is 5.97 Å². The molecule has 0 fully saturated rings. The van der Waals surface area contributed by atoms with Crippen LogP contribution in [0.25, 0.3) is 10.9 Å². The van der Waals surface area contributed by atoms with Gasteiger partial charge in [0.2, 0.25) is 0 Å². The Kier molecular flexibility index (Phi) is 3.62. The van der Waals surface area contributed by atoms with Crippen LogP contribution in [0.15, 0.2) is 36.5 Å². The highest BCUT2D eigenvalue weighted by Crippen LogP contribution is 2.20. The maximum absolute atomic E-state index is 9.31. The zero-order chi connectivity index (χ0) is 11.3. The van der Waals surface area contributed by atoms with Gasteiger partial charge in [-0.2, -0.15) is 0 Å². The summed E-state index contributed by atoms with van der Waals surface area (Å²) < 4.78 is 0. The molecule has 0 unspecified atom stereocenters. The second-order valence-electron chi connectivity index (χ2n) is 2.87. The smallest absolute Gasteiger partial charge is 0.300 e. The largest absolute Gasteiger partial charge is 0.506 e. The summed E-state index contributed by atoms with van der Waals surface area (Å²) in [6, 6.07) is 9.13. The highest BCUT2D eigenvalue weighted by atomic mass is 16.4. The number of rotatable bonds is 0. The first kappa shape index (κ1) is 11.0. The molecule has 15 heavy (non-hydrogen) atoms. The Balaban J connectivity index is 0.000000245. The number of para-hydroxylation sites is 1. The SMILES string of the molecule is CC(=O)O.Oc1cccc2cccnc12. The van der Waals surface area contributed by atoms with Gasteiger partial charge >= 0.3 is 0 Å². The third-order valence-corrected chi connectivity index (χ3v) is 1.61. The molecule has 0 amide bonds. The highest BCUT2D eigenvalue weighted by Gasteiger charge is 1.96. The Morgan fingerprint density at radius 2 is 1.87 bits per heavy atom. The van der Waals surface area contributed by atoms with Crippen LogP contribution in [0.1, 0.15) is 6.92 Å². The summed E-state index contributed by atoms with van der Waals surface area (Å²) in [7, 11) is 0. The molecule has 1 heterocycles. The lowest BCUT2D eigenvalue weighted by atomic mass is 10.2. The number of hydrogen-bond acceptors (Lipinski definition) is 3. The number of aliphatic carboxylic acids is 1. The van der Waals surface area contributed by atoms with E-state index in [4.69, 9.17) is 9.90 Å². The highest BCUT2D eigenvalue weighted by molar-refractivity contribution is 5.83. The summed E-state index contributed by atoms with van der Waals surface area (Å²) in [4.78, 5) is 13.0. The zero-order valence-electron chi connectivity index (χ0n) is 8.21. The van der Waals surface area contributed by atoms with Crippen LogP contribution in [0.3, 0.4) is 0 Å². The topological polar surface area (TPSA) is 70.4 Å². The number of phenolic OH excluding ortho intramolecular Hbond substituents is 1. The number of fused-ring (bicyclic) bond motifs is 1. The van der Waals surface area contributed by atoms with Crippen LogP contribution in [-0.2, 0) is 4.79 Å². The van der Waals surface area contributed by atoms with Crippen LogP contribution in [0, 0.1) is 0 Å². The van der Waals surface area contributed by atoms with Crippen molar-refractivity contribution in [2.75, 3.05) is 0 Å². The van der Waals surface area contributed by atoms with Gasteiger partial charge in [0.1, 0.15) is 11.3 Å². The Morgan fingerprint density at radius 1 is 1.27 bits per heavy atom. The normalized spacial score (nSPS) is 9.13. The minimum absolute atomic E-state index is 0.239. The maximum atomic E-state index is 9.31. The van der Waals surface area contributed by atoms with Crippen LogP contribution >= 0.6 is 0 Å². The Bertz CT molecular complexity index is 459. The van der Waals surface area contributed by atoms with Gasteiger partial charge in [-0.05, 0) is 12.1 Å². The van der Waals surface area contributed by atoms with Gasteiger partial charge in [-0.3, -0.25) is 9.78 Å². The predicted molar refractivity (Wildman–Crippen MR) is 56.7 cm³/mol. The molecule has 0 spiro atoms. The van der Waals surface area contributed by atoms with E-state index in [0.717, 1.165) is 12.3 Å². The number of hydrogen-bond donors (Lipinski definition) is 2. The van der Waals surface area contributed by atoms with E-state index in [1.54, 1.807) is 18.3 Å². The van der Waals surface area contributed by atoms with Crippen molar-refractivity contribution < 1.29 is 15.0 Å². The summed E-state index contributed by atoms with van der Waals surface area (Å²) in [5.41, 5.74) is 0.662. The molecule has 0 aliphatic heterocycles. The van der Waals surface area contributed by atoms with Crippen molar-refractivity contribution >= 4 is 16.9 Å². The number of phenols is 1. The van der Waals surface area contributed by atoms with Crippen molar-refractivity contribution in [2.45, 2.75) is 6.92 Å². The second kappa shape index (κ2) is 4.95. The summed E-state index contributed by atoms with van der Waals surface area (Å²) >= 11 is 0. The fourth-order valence-electron chi connectivity index (χ4n) is 1.09. The lowest BCUT2D eigenvalue weighted by Crippen LogP contribution is -1.78. The first-order chi connectivity index (χ1) is 7.11. The van der Waals surface area contributed by atoms with E-state index in [0.29, 0.717) is 5.52 Å². The van der Waals surface area contributed by atoms with Crippen molar-refractivity contribution in [2.24, 2.45) is 0 Å². The van der Waals surface area contributed by atoms with Gasteiger partial charge < -0.3 is 10.2 Å². The minimum Gasteiger partial charge on any atom is -0.506 e. The van der Waals surface area contributed by atoms with Crippen molar-refractivity contribution in [3.05, 3.63) is 36.5 Å². The molecule has 0 bridgehead atoms. The van der Waals surface area contributed by atoms with Gasteiger partial charge in [-0.15, -0.1) is 0 Å². The fraction of sp³-hybridized carbons (Fsp3) is 0.0909. The molecule has 2 N–H and O–H groups in total. The summed E-state index contributed by atoms with van der Waals surface area (Å²) in [5, 5.41) is 17.7. The Labute approximate surface area is 86.8 Å². The van der Waals surface area contributed by atoms with Crippen molar-refractivity contribution in [1.29, 1.82) is 0 Å². The predicted octanol–water partition coefficient (Wildman–Crippen LogP) is 2.03. The van der Waals surface area contributed by atoms with Gasteiger partial charge in [0, 0.05) is 18.5 Å². The van der Waals surface area contributed by atoms with Gasteiger partial charge in [0.25, 0.3) is 5.97 Å². The lowest BCUT2D eigenvalue weighted by Gasteiger charge is -1.96. The Morgan fingerprint density at radius 3 is 2.47 bits per heavy atom. The molecule has 0 aliphatic carbocycles. The third kappa shape index (κ3) is 3.27. The quantitative estimate of drug-likeness (QED) is 0.690. The molecular formula is C11H11NO3. The molecule has 0 atom stereocenters. The molecular weight excluding hydrogens is 194 g/mol. The number of nitrogens with zero attached hydrogens (tertiary/aromatic N) is 1. The number of aromatic nitrogens is 1. The van der Waals surface area contributed by atoms with E-state index in [-0.39, 0.29) is 5.75 Å². The fourth-order valence-corrected chi connectivity index (χ4v) is 1.09. The molecule has 4 nitrogen and oxygen atoms in total. The number of aromatic hydroxyl groups is 1. The van der Waals surface area contributed by atoms with Crippen LogP contribution in [-0.4, -0.2) is 21.2 Å². The Hall–Kier alpha value is -2.10. The molecule has 0 saturated carbocycles. The summed E-state index contributed by atoms with van der Waals surface area (Å²) in [6.07, 6.45) is 1.67. The monoisotopic (exact) mass is 205 g/mol. The van der Waals surface area contributed by atoms with Gasteiger partial charge in [-0.25, -0.2) is 0 Å². The number of carboxylic acids is 1. The zero-order valence-corrected chi connectivity index (χ0v) is 8.21. The molecule has 78 valence electrons. The first-order valence-corrected chi connectivity index (χ1v) is 4.33. The average molecular weight is 205 g/mol. The number of benzene rings is 1. The molecule has 1 aromatic carbocycles. The molecule has 0 saturated heterocycles. The maximum Gasteiger partial charge on any atom is 0.300 e. The molecule has 0 aliphatic rings. The summed E-state index contributed by atoms with van der Waals surface area (Å²) in [5.74, 6) is -0.594. The van der Waals surface area contributed by atoms with E-state index in [1.807, 2.05) is 18.2 Å². The molecule has 4 heteroatoms. The van der Waals surface area contributed by atoms with E-state index >= 15 is 0 Å². The van der Waals surface area contributed by atoms with Crippen LogP contribution in [0.4, 0.5) is 0 Å². The van der Waals surface area contributed by atoms with Gasteiger partial charge in [0.05, 0.1) is 0 Å². The molecule has 0 radical (unpaired) electrons. The first-order valence-electron chi connectivity index (χ1n) is 4.33. The molecule has 2 aromatic rings. The van der Waals surface area contributed by atoms with Crippen LogP contribution in [0.2, 0.25) is 0 Å². The molecule has 2 rings (SSSR count). The van der Waals surface area contributed by atoms with E-state index in [1.165, 1.54) is 0 Å². The van der Waals surface area contributed by atoms with Gasteiger partial charge in [0.15, 0.2) is 0 Å². The van der Waals surface area contributed by atoms with Gasteiger partial charge in [-0.1, -0.05) is 18.2 Å². The minimum atomic E-state index is -0.833. The standard InChI is InChI=1S/C9H7NO.C2H4O2/c11-8-5-1-3-7-4-2-6-10-9(7)8;1-2(3)4/h1-6,11H;1H3,(H,3,4). The van der Waals surface area contributed by atoms with Crippen LogP contribution < -0.4 is 0 Å². The summed E-state index contributed by atoms with van der Waals surface area (Å²) in [6.45, 7) is 1.08. The second-order valence-corrected chi connectivity index (χ2v) is 2.87. The number of carboxylic acid groups (broad SMARTS) is 1. The lowest BCUT2D eigenvalue weighted by molar-refractivity contribution is -0.134. The number of pyridine rings is 1. The number of carbonyl (C=O) groups is 1. The third-order valence-electron chi connectivity index (χ3n) is 1.61. The molecule has 1 aromatic heterocycles. The van der Waals surface area contributed by atoms with Crippen molar-refractivity contribution in [1.82, 2.24) is 4.98 Å².